The first kappa shape index (κ1) is 35.3. The Bertz CT molecular complexity index is 2120. The molecule has 8 rings (SSSR count). The Labute approximate surface area is 314 Å². The first-order chi connectivity index (χ1) is 25.7. The lowest BCUT2D eigenvalue weighted by Gasteiger charge is -2.43. The van der Waals surface area contributed by atoms with Crippen LogP contribution in [0.2, 0.25) is 5.02 Å². The highest BCUT2D eigenvalue weighted by molar-refractivity contribution is 6.32. The number of piperidine rings is 2. The summed E-state index contributed by atoms with van der Waals surface area (Å²) in [5.41, 5.74) is 6.38. The molecule has 0 spiro atoms. The number of benzene rings is 2. The van der Waals surface area contributed by atoms with Gasteiger partial charge in [-0.1, -0.05) is 35.9 Å². The van der Waals surface area contributed by atoms with Crippen molar-refractivity contribution in [2.24, 2.45) is 13.0 Å². The van der Waals surface area contributed by atoms with Crippen molar-refractivity contribution in [1.29, 1.82) is 0 Å². The van der Waals surface area contributed by atoms with Crippen molar-refractivity contribution in [3.05, 3.63) is 82.8 Å². The Morgan fingerprint density at radius 1 is 1.02 bits per heavy atom. The summed E-state index contributed by atoms with van der Waals surface area (Å²) >= 11 is 6.58. The van der Waals surface area contributed by atoms with Crippen molar-refractivity contribution >= 4 is 40.3 Å². The van der Waals surface area contributed by atoms with Crippen LogP contribution < -0.4 is 15.0 Å². The quantitative estimate of drug-likeness (QED) is 0.174. The predicted molar refractivity (Wildman–Crippen MR) is 205 cm³/mol. The molecule has 3 aliphatic heterocycles. The normalized spacial score (nSPS) is 20.6. The average Bonchev–Trinajstić information content (AvgIpc) is 3.73. The Morgan fingerprint density at radius 3 is 2.57 bits per heavy atom. The molecule has 3 saturated heterocycles. The van der Waals surface area contributed by atoms with Gasteiger partial charge < -0.3 is 14.6 Å². The fraction of sp³-hybridized carbons (Fsp3) is 0.425. The van der Waals surface area contributed by atoms with Gasteiger partial charge >= 0.3 is 0 Å². The van der Waals surface area contributed by atoms with E-state index in [0.717, 1.165) is 75.5 Å². The highest BCUT2D eigenvalue weighted by Gasteiger charge is 2.30. The number of anilines is 1. The van der Waals surface area contributed by atoms with Crippen LogP contribution in [0.25, 0.3) is 22.6 Å². The molecule has 13 heteroatoms. The SMILES string of the molecule is Cc1nn(C)cc1-c1nc2ncc(Cl)c(Oc3ccc(CN4CCN(CC5CCN(c6cccc([C@H]7CCC(=O)NC7=O)c6)CC5)[C@@H](C)C4)cc3)c2[nH]1. The zero-order valence-electron chi connectivity index (χ0n) is 30.5. The Balaban J connectivity index is 0.821. The van der Waals surface area contributed by atoms with Gasteiger partial charge in [-0.2, -0.15) is 5.10 Å². The van der Waals surface area contributed by atoms with E-state index in [9.17, 15) is 9.59 Å². The van der Waals surface area contributed by atoms with Crippen molar-refractivity contribution in [1.82, 2.24) is 39.8 Å². The van der Waals surface area contributed by atoms with Gasteiger partial charge in [0.2, 0.25) is 11.8 Å². The van der Waals surface area contributed by atoms with E-state index in [-0.39, 0.29) is 17.7 Å². The van der Waals surface area contributed by atoms with Gasteiger partial charge in [0.25, 0.3) is 0 Å². The van der Waals surface area contributed by atoms with Gasteiger partial charge in [0.15, 0.2) is 11.4 Å². The van der Waals surface area contributed by atoms with Crippen LogP contribution in [0.15, 0.2) is 60.9 Å². The van der Waals surface area contributed by atoms with E-state index < -0.39 is 0 Å². The molecule has 0 unspecified atom stereocenters. The number of aromatic amines is 1. The molecular weight excluding hydrogens is 690 g/mol. The molecule has 2 N–H and O–H groups in total. The zero-order valence-corrected chi connectivity index (χ0v) is 31.3. The minimum Gasteiger partial charge on any atom is -0.453 e. The van der Waals surface area contributed by atoms with E-state index in [1.807, 2.05) is 44.4 Å². The van der Waals surface area contributed by atoms with E-state index in [0.29, 0.717) is 58.3 Å². The minimum atomic E-state index is -0.248. The van der Waals surface area contributed by atoms with E-state index in [4.69, 9.17) is 16.3 Å². The van der Waals surface area contributed by atoms with Crippen molar-refractivity contribution < 1.29 is 14.3 Å². The number of H-pyrrole nitrogens is 1. The van der Waals surface area contributed by atoms with Crippen LogP contribution in [0.1, 0.15) is 55.3 Å². The zero-order chi connectivity index (χ0) is 36.6. The number of hydrogen-bond acceptors (Lipinski definition) is 9. The van der Waals surface area contributed by atoms with E-state index in [1.165, 1.54) is 11.3 Å². The van der Waals surface area contributed by atoms with Gasteiger partial charge in [-0.25, -0.2) is 9.97 Å². The second-order valence-corrected chi connectivity index (χ2v) is 15.3. The van der Waals surface area contributed by atoms with Crippen LogP contribution >= 0.6 is 11.6 Å². The first-order valence-electron chi connectivity index (χ1n) is 18.6. The van der Waals surface area contributed by atoms with E-state index >= 15 is 0 Å². The highest BCUT2D eigenvalue weighted by Crippen LogP contribution is 2.36. The largest absolute Gasteiger partial charge is 0.453 e. The minimum absolute atomic E-state index is 0.172. The maximum Gasteiger partial charge on any atom is 0.234 e. The molecule has 0 bridgehead atoms. The number of nitrogens with zero attached hydrogens (tertiary/aromatic N) is 7. The highest BCUT2D eigenvalue weighted by atomic mass is 35.5. The Hall–Kier alpha value is -4.78. The first-order valence-corrected chi connectivity index (χ1v) is 19.0. The summed E-state index contributed by atoms with van der Waals surface area (Å²) in [6, 6.07) is 17.1. The number of hydrogen-bond donors (Lipinski definition) is 2. The van der Waals surface area contributed by atoms with Gasteiger partial charge in [0.05, 0.1) is 23.4 Å². The van der Waals surface area contributed by atoms with E-state index in [2.05, 4.69) is 71.3 Å². The summed E-state index contributed by atoms with van der Waals surface area (Å²) in [7, 11) is 1.89. The lowest BCUT2D eigenvalue weighted by Crippen LogP contribution is -2.53. The molecule has 6 heterocycles. The fourth-order valence-corrected chi connectivity index (χ4v) is 8.33. The molecule has 3 aromatic heterocycles. The number of aromatic nitrogens is 5. The monoisotopic (exact) mass is 735 g/mol. The van der Waals surface area contributed by atoms with E-state index in [1.54, 1.807) is 10.9 Å². The predicted octanol–water partition coefficient (Wildman–Crippen LogP) is 6.06. The van der Waals surface area contributed by atoms with Crippen molar-refractivity contribution in [3.63, 3.8) is 0 Å². The molecule has 2 aromatic carbocycles. The molecule has 5 aromatic rings. The van der Waals surface area contributed by atoms with Gasteiger partial charge in [-0.05, 0) is 74.4 Å². The number of aryl methyl sites for hydroxylation is 2. The number of carbonyl (C=O) groups excluding carboxylic acids is 2. The number of imidazole rings is 1. The number of nitrogens with one attached hydrogen (secondary N) is 2. The molecule has 12 nitrogen and oxygen atoms in total. The number of imide groups is 1. The summed E-state index contributed by atoms with van der Waals surface area (Å²) in [4.78, 5) is 44.2. The molecule has 2 atom stereocenters. The molecule has 3 fully saturated rings. The van der Waals surface area contributed by atoms with Crippen LogP contribution in [0.3, 0.4) is 0 Å². The lowest BCUT2D eigenvalue weighted by atomic mass is 9.89. The number of piperazine rings is 1. The fourth-order valence-electron chi connectivity index (χ4n) is 8.15. The summed E-state index contributed by atoms with van der Waals surface area (Å²) in [6.45, 7) is 11.5. The molecule has 276 valence electrons. The summed E-state index contributed by atoms with van der Waals surface area (Å²) < 4.78 is 8.08. The number of pyridine rings is 1. The topological polar surface area (TPSA) is 125 Å². The van der Waals surface area contributed by atoms with Crippen molar-refractivity contribution in [2.45, 2.75) is 58.0 Å². The summed E-state index contributed by atoms with van der Waals surface area (Å²) in [6.07, 6.45) is 6.80. The van der Waals surface area contributed by atoms with Crippen molar-refractivity contribution in [2.75, 3.05) is 44.2 Å². The lowest BCUT2D eigenvalue weighted by molar-refractivity contribution is -0.134. The number of ether oxygens (including phenoxy) is 1. The van der Waals surface area contributed by atoms with Gasteiger partial charge in [0.1, 0.15) is 22.1 Å². The molecule has 2 amide bonds. The molecule has 0 radical (unpaired) electrons. The maximum absolute atomic E-state index is 12.4. The van der Waals surface area contributed by atoms with Crippen LogP contribution in [-0.2, 0) is 23.2 Å². The van der Waals surface area contributed by atoms with Crippen LogP contribution in [0, 0.1) is 12.8 Å². The van der Waals surface area contributed by atoms with Crippen molar-refractivity contribution in [3.8, 4) is 22.9 Å². The molecule has 53 heavy (non-hydrogen) atoms. The third kappa shape index (κ3) is 7.67. The number of halogens is 1. The maximum atomic E-state index is 12.4. The van der Waals surface area contributed by atoms with Gasteiger partial charge in [-0.15, -0.1) is 0 Å². The molecular formula is C40H46ClN9O3. The van der Waals surface area contributed by atoms with Crippen LogP contribution in [0.5, 0.6) is 11.5 Å². The Morgan fingerprint density at radius 2 is 1.83 bits per heavy atom. The third-order valence-corrected chi connectivity index (χ3v) is 11.3. The number of amides is 2. The number of rotatable bonds is 9. The average molecular weight is 736 g/mol. The third-order valence-electron chi connectivity index (χ3n) is 11.1. The van der Waals surface area contributed by atoms with Crippen LogP contribution in [-0.4, -0.2) is 91.7 Å². The second-order valence-electron chi connectivity index (χ2n) is 14.9. The standard InChI is InChI=1S/C40H46ClN9O3/c1-25-21-48(17-18-50(25)23-28-13-15-49(16-14-28)30-6-4-5-29(19-30)32-11-12-35(51)43-40(32)52)22-27-7-9-31(10-8-27)53-37-34(41)20-42-39-36(37)44-38(45-39)33-24-47(3)46-26(33)2/h4-10,19-20,24-25,28,32H,11-18,21-23H2,1-3H3,(H,42,44,45)(H,43,51,52)/t25-,32+/m0/s1. The van der Waals surface area contributed by atoms with Gasteiger partial charge in [-0.3, -0.25) is 29.4 Å². The number of carbonyl (C=O) groups is 2. The summed E-state index contributed by atoms with van der Waals surface area (Å²) in [5.74, 6) is 1.95. The molecule has 3 aliphatic rings. The Kier molecular flexibility index (Phi) is 9.93. The molecule has 0 aliphatic carbocycles. The smallest absolute Gasteiger partial charge is 0.234 e. The van der Waals surface area contributed by atoms with Gasteiger partial charge in [0, 0.05) is 77.2 Å². The number of fused-ring (bicyclic) bond motifs is 1. The van der Waals surface area contributed by atoms with Crippen LogP contribution in [0.4, 0.5) is 5.69 Å². The summed E-state index contributed by atoms with van der Waals surface area (Å²) in [5, 5.41) is 7.34. The molecule has 0 saturated carbocycles. The second kappa shape index (κ2) is 14.9.